The number of rotatable bonds is 1. The fourth-order valence-electron chi connectivity index (χ4n) is 2.08. The van der Waals surface area contributed by atoms with E-state index in [1.807, 2.05) is 39.0 Å². The predicted molar refractivity (Wildman–Crippen MR) is 69.4 cm³/mol. The average molecular weight is 228 g/mol. The molecule has 0 saturated heterocycles. The maximum absolute atomic E-state index is 9.92. The third-order valence-corrected chi connectivity index (χ3v) is 2.91. The number of benzene rings is 2. The molecule has 0 heterocycles. The van der Waals surface area contributed by atoms with Crippen LogP contribution in [0.1, 0.15) is 16.7 Å². The van der Waals surface area contributed by atoms with Crippen molar-refractivity contribution in [2.45, 2.75) is 20.8 Å². The first-order valence-corrected chi connectivity index (χ1v) is 5.59. The molecule has 0 amide bonds. The lowest BCUT2D eigenvalue weighted by Gasteiger charge is -2.11. The van der Waals surface area contributed by atoms with Crippen molar-refractivity contribution in [1.82, 2.24) is 0 Å². The standard InChI is InChI=1S/C15H16O2/c1-9-4-5-12(11(3)6-9)13-7-10(2)8-14(16)15(13)17/h4-8,16-17H,1-3H3. The summed E-state index contributed by atoms with van der Waals surface area (Å²) < 4.78 is 0. The van der Waals surface area contributed by atoms with Crippen LogP contribution in [0.2, 0.25) is 0 Å². The van der Waals surface area contributed by atoms with Gasteiger partial charge in [0, 0.05) is 5.56 Å². The highest BCUT2D eigenvalue weighted by Gasteiger charge is 2.11. The summed E-state index contributed by atoms with van der Waals surface area (Å²) in [6, 6.07) is 9.48. The van der Waals surface area contributed by atoms with Crippen LogP contribution in [0.25, 0.3) is 11.1 Å². The molecule has 0 spiro atoms. The summed E-state index contributed by atoms with van der Waals surface area (Å²) in [5.41, 5.74) is 4.83. The maximum Gasteiger partial charge on any atom is 0.165 e. The Morgan fingerprint density at radius 1 is 0.765 bits per heavy atom. The van der Waals surface area contributed by atoms with Crippen LogP contribution in [0.3, 0.4) is 0 Å². The molecule has 2 aromatic rings. The lowest BCUT2D eigenvalue weighted by Crippen LogP contribution is -1.87. The largest absolute Gasteiger partial charge is 0.504 e. The van der Waals surface area contributed by atoms with E-state index in [0.29, 0.717) is 5.56 Å². The fourth-order valence-corrected chi connectivity index (χ4v) is 2.08. The third kappa shape index (κ3) is 2.11. The molecule has 0 fully saturated rings. The van der Waals surface area contributed by atoms with Gasteiger partial charge >= 0.3 is 0 Å². The number of phenolic OH excluding ortho intramolecular Hbond substituents is 2. The topological polar surface area (TPSA) is 40.5 Å². The average Bonchev–Trinajstić information content (AvgIpc) is 2.24. The molecule has 2 heteroatoms. The molecule has 2 rings (SSSR count). The van der Waals surface area contributed by atoms with E-state index >= 15 is 0 Å². The Morgan fingerprint density at radius 3 is 2.12 bits per heavy atom. The van der Waals surface area contributed by atoms with Gasteiger partial charge in [-0.05, 0) is 49.6 Å². The van der Waals surface area contributed by atoms with E-state index in [4.69, 9.17) is 0 Å². The second-order valence-corrected chi connectivity index (χ2v) is 4.50. The molecule has 2 aromatic carbocycles. The molecule has 88 valence electrons. The van der Waals surface area contributed by atoms with Crippen molar-refractivity contribution in [1.29, 1.82) is 0 Å². The quantitative estimate of drug-likeness (QED) is 0.731. The van der Waals surface area contributed by atoms with Crippen LogP contribution in [0.15, 0.2) is 30.3 Å². The van der Waals surface area contributed by atoms with E-state index in [1.54, 1.807) is 6.07 Å². The van der Waals surface area contributed by atoms with Crippen LogP contribution in [0.4, 0.5) is 0 Å². The molecule has 0 unspecified atom stereocenters. The van der Waals surface area contributed by atoms with Gasteiger partial charge in [0.2, 0.25) is 0 Å². The lowest BCUT2D eigenvalue weighted by atomic mass is 9.96. The molecule has 0 aromatic heterocycles. The Bertz CT molecular complexity index is 571. The molecule has 0 aliphatic rings. The first-order valence-electron chi connectivity index (χ1n) is 5.59. The normalized spacial score (nSPS) is 10.5. The number of hydrogen-bond donors (Lipinski definition) is 2. The van der Waals surface area contributed by atoms with Crippen molar-refractivity contribution in [3.05, 3.63) is 47.0 Å². The molecule has 2 nitrogen and oxygen atoms in total. The van der Waals surface area contributed by atoms with E-state index in [2.05, 4.69) is 6.07 Å². The number of hydrogen-bond acceptors (Lipinski definition) is 2. The van der Waals surface area contributed by atoms with Gasteiger partial charge in [-0.2, -0.15) is 0 Å². The Balaban J connectivity index is 2.68. The zero-order chi connectivity index (χ0) is 12.6. The van der Waals surface area contributed by atoms with Crippen LogP contribution < -0.4 is 0 Å². The Kier molecular flexibility index (Phi) is 2.80. The van der Waals surface area contributed by atoms with Gasteiger partial charge in [-0.25, -0.2) is 0 Å². The van der Waals surface area contributed by atoms with Crippen LogP contribution >= 0.6 is 0 Å². The Morgan fingerprint density at radius 2 is 1.47 bits per heavy atom. The van der Waals surface area contributed by atoms with Crippen LogP contribution in [-0.4, -0.2) is 10.2 Å². The van der Waals surface area contributed by atoms with Crippen LogP contribution in [0.5, 0.6) is 11.5 Å². The van der Waals surface area contributed by atoms with Crippen molar-refractivity contribution in [2.75, 3.05) is 0 Å². The van der Waals surface area contributed by atoms with Gasteiger partial charge in [0.05, 0.1) is 0 Å². The summed E-state index contributed by atoms with van der Waals surface area (Å²) in [6.45, 7) is 5.93. The molecule has 17 heavy (non-hydrogen) atoms. The third-order valence-electron chi connectivity index (χ3n) is 2.91. The Labute approximate surface area is 101 Å². The Hall–Kier alpha value is -1.96. The monoisotopic (exact) mass is 228 g/mol. The molecule has 2 N–H and O–H groups in total. The van der Waals surface area contributed by atoms with Crippen molar-refractivity contribution >= 4 is 0 Å². The minimum Gasteiger partial charge on any atom is -0.504 e. The van der Waals surface area contributed by atoms with Crippen molar-refractivity contribution < 1.29 is 10.2 Å². The van der Waals surface area contributed by atoms with Crippen molar-refractivity contribution in [3.8, 4) is 22.6 Å². The fraction of sp³-hybridized carbons (Fsp3) is 0.200. The molecule has 0 atom stereocenters. The van der Waals surface area contributed by atoms with Gasteiger partial charge in [0.25, 0.3) is 0 Å². The summed E-state index contributed by atoms with van der Waals surface area (Å²) in [6.07, 6.45) is 0. The van der Waals surface area contributed by atoms with E-state index in [-0.39, 0.29) is 11.5 Å². The summed E-state index contributed by atoms with van der Waals surface area (Å²) >= 11 is 0. The van der Waals surface area contributed by atoms with Gasteiger partial charge in [0.1, 0.15) is 0 Å². The molecular weight excluding hydrogens is 212 g/mol. The molecular formula is C15H16O2. The van der Waals surface area contributed by atoms with E-state index < -0.39 is 0 Å². The van der Waals surface area contributed by atoms with Crippen molar-refractivity contribution in [3.63, 3.8) is 0 Å². The highest BCUT2D eigenvalue weighted by Crippen LogP contribution is 2.38. The van der Waals surface area contributed by atoms with E-state index in [0.717, 1.165) is 16.7 Å². The van der Waals surface area contributed by atoms with E-state index in [9.17, 15) is 10.2 Å². The molecule has 0 aliphatic carbocycles. The zero-order valence-corrected chi connectivity index (χ0v) is 10.3. The van der Waals surface area contributed by atoms with Gasteiger partial charge in [-0.3, -0.25) is 0 Å². The molecule has 0 bridgehead atoms. The summed E-state index contributed by atoms with van der Waals surface area (Å²) in [5.74, 6) is -0.123. The van der Waals surface area contributed by atoms with Crippen molar-refractivity contribution in [2.24, 2.45) is 0 Å². The first kappa shape index (κ1) is 11.5. The second-order valence-electron chi connectivity index (χ2n) is 4.50. The summed E-state index contributed by atoms with van der Waals surface area (Å²) in [5, 5.41) is 19.6. The number of phenols is 2. The minimum absolute atomic E-state index is 0.0532. The van der Waals surface area contributed by atoms with Gasteiger partial charge in [0.15, 0.2) is 11.5 Å². The first-order chi connectivity index (χ1) is 7.99. The number of aryl methyl sites for hydroxylation is 3. The highest BCUT2D eigenvalue weighted by atomic mass is 16.3. The van der Waals surface area contributed by atoms with Crippen LogP contribution in [-0.2, 0) is 0 Å². The van der Waals surface area contributed by atoms with Gasteiger partial charge < -0.3 is 10.2 Å². The molecule has 0 radical (unpaired) electrons. The zero-order valence-electron chi connectivity index (χ0n) is 10.3. The lowest BCUT2D eigenvalue weighted by molar-refractivity contribution is 0.405. The SMILES string of the molecule is Cc1ccc(-c2cc(C)cc(O)c2O)c(C)c1. The van der Waals surface area contributed by atoms with Crippen LogP contribution in [0, 0.1) is 20.8 Å². The maximum atomic E-state index is 9.92. The van der Waals surface area contributed by atoms with E-state index in [1.165, 1.54) is 5.56 Å². The molecule has 0 saturated carbocycles. The smallest absolute Gasteiger partial charge is 0.165 e. The summed E-state index contributed by atoms with van der Waals surface area (Å²) in [4.78, 5) is 0. The van der Waals surface area contributed by atoms with Gasteiger partial charge in [-0.1, -0.05) is 23.8 Å². The number of aromatic hydroxyl groups is 2. The van der Waals surface area contributed by atoms with Gasteiger partial charge in [-0.15, -0.1) is 0 Å². The highest BCUT2D eigenvalue weighted by molar-refractivity contribution is 5.76. The second kappa shape index (κ2) is 4.13. The molecule has 0 aliphatic heterocycles. The minimum atomic E-state index is -0.0695. The summed E-state index contributed by atoms with van der Waals surface area (Å²) in [7, 11) is 0. The predicted octanol–water partition coefficient (Wildman–Crippen LogP) is 3.69.